The number of hydrogen-bond acceptors (Lipinski definition) is 5. The molecule has 0 bridgehead atoms. The van der Waals surface area contributed by atoms with Crippen LogP contribution in [0, 0.1) is 10.1 Å². The molecule has 0 amide bonds. The Morgan fingerprint density at radius 2 is 2.21 bits per heavy atom. The van der Waals surface area contributed by atoms with E-state index < -0.39 is 10.9 Å². The minimum Gasteiger partial charge on any atom is -0.478 e. The number of unbranched alkanes of at least 4 members (excludes halogenated alkanes) is 3. The van der Waals surface area contributed by atoms with Crippen molar-refractivity contribution in [1.29, 1.82) is 0 Å². The number of pyridine rings is 1. The van der Waals surface area contributed by atoms with Gasteiger partial charge < -0.3 is 10.4 Å². The molecule has 0 saturated heterocycles. The zero-order chi connectivity index (χ0) is 14.3. The highest BCUT2D eigenvalue weighted by molar-refractivity contribution is 5.93. The van der Waals surface area contributed by atoms with Crippen molar-refractivity contribution in [3.8, 4) is 0 Å². The summed E-state index contributed by atoms with van der Waals surface area (Å²) < 4.78 is 0. The van der Waals surface area contributed by atoms with Crippen LogP contribution in [0.5, 0.6) is 0 Å². The summed E-state index contributed by atoms with van der Waals surface area (Å²) in [6, 6.07) is 1.02. The number of carboxylic acid groups (broad SMARTS) is 1. The van der Waals surface area contributed by atoms with Gasteiger partial charge in [-0.1, -0.05) is 26.2 Å². The molecule has 1 heterocycles. The summed E-state index contributed by atoms with van der Waals surface area (Å²) in [5.41, 5.74) is -0.501. The summed E-state index contributed by atoms with van der Waals surface area (Å²) in [6.45, 7) is 2.71. The number of nitrogens with one attached hydrogen (secondary N) is 1. The minimum absolute atomic E-state index is 0.176. The highest BCUT2D eigenvalue weighted by atomic mass is 16.6. The monoisotopic (exact) mass is 267 g/mol. The smallest absolute Gasteiger partial charge is 0.339 e. The fraction of sp³-hybridized carbons (Fsp3) is 0.500. The molecule has 0 aliphatic rings. The van der Waals surface area contributed by atoms with E-state index in [2.05, 4.69) is 17.2 Å². The maximum atomic E-state index is 11.0. The van der Waals surface area contributed by atoms with Crippen LogP contribution in [0.15, 0.2) is 12.3 Å². The number of anilines is 1. The van der Waals surface area contributed by atoms with Crippen LogP contribution >= 0.6 is 0 Å². The molecule has 0 spiro atoms. The van der Waals surface area contributed by atoms with Gasteiger partial charge in [0.05, 0.1) is 4.92 Å². The zero-order valence-electron chi connectivity index (χ0n) is 10.8. The average molecular weight is 267 g/mol. The fourth-order valence-corrected chi connectivity index (χ4v) is 1.62. The maximum Gasteiger partial charge on any atom is 0.339 e. The number of nitrogens with zero attached hydrogens (tertiary/aromatic N) is 2. The van der Waals surface area contributed by atoms with Crippen LogP contribution in [-0.2, 0) is 0 Å². The van der Waals surface area contributed by atoms with E-state index in [1.807, 2.05) is 0 Å². The largest absolute Gasteiger partial charge is 0.478 e. The number of aromatic nitrogens is 1. The van der Waals surface area contributed by atoms with Crippen LogP contribution in [0.2, 0.25) is 0 Å². The number of rotatable bonds is 8. The first-order valence-corrected chi connectivity index (χ1v) is 6.17. The lowest BCUT2D eigenvalue weighted by Gasteiger charge is -2.07. The molecule has 0 atom stereocenters. The van der Waals surface area contributed by atoms with Gasteiger partial charge in [0, 0.05) is 12.6 Å². The molecule has 2 N–H and O–H groups in total. The predicted molar refractivity (Wildman–Crippen MR) is 70.5 cm³/mol. The molecule has 104 valence electrons. The molecule has 0 aliphatic carbocycles. The lowest BCUT2D eigenvalue weighted by atomic mass is 10.2. The normalized spacial score (nSPS) is 10.2. The van der Waals surface area contributed by atoms with Gasteiger partial charge >= 0.3 is 5.97 Å². The highest BCUT2D eigenvalue weighted by Crippen LogP contribution is 2.19. The van der Waals surface area contributed by atoms with Crippen molar-refractivity contribution in [2.45, 2.75) is 32.6 Å². The summed E-state index contributed by atoms with van der Waals surface area (Å²) in [4.78, 5) is 24.7. The van der Waals surface area contributed by atoms with Gasteiger partial charge in [0.2, 0.25) is 0 Å². The summed E-state index contributed by atoms with van der Waals surface area (Å²) in [5.74, 6) is -1.05. The van der Waals surface area contributed by atoms with Gasteiger partial charge in [-0.15, -0.1) is 0 Å². The Kier molecular flexibility index (Phi) is 5.72. The lowest BCUT2D eigenvalue weighted by molar-refractivity contribution is -0.385. The zero-order valence-corrected chi connectivity index (χ0v) is 10.8. The van der Waals surface area contributed by atoms with E-state index >= 15 is 0 Å². The third kappa shape index (κ3) is 4.53. The molecule has 0 radical (unpaired) electrons. The second-order valence-electron chi connectivity index (χ2n) is 4.14. The Balaban J connectivity index is 2.71. The minimum atomic E-state index is -1.23. The van der Waals surface area contributed by atoms with Gasteiger partial charge in [0.25, 0.3) is 5.69 Å². The molecule has 1 aromatic rings. The Hall–Kier alpha value is -2.18. The lowest BCUT2D eigenvalue weighted by Crippen LogP contribution is -2.10. The standard InChI is InChI=1S/C12H17N3O4/c1-2-3-4-5-6-13-11-10(12(16)17)7-9(8-14-11)15(18)19/h7-8H,2-6H2,1H3,(H,13,14)(H,16,17). The van der Waals surface area contributed by atoms with Crippen molar-refractivity contribution in [3.05, 3.63) is 27.9 Å². The number of carboxylic acids is 1. The van der Waals surface area contributed by atoms with E-state index in [4.69, 9.17) is 5.11 Å². The second-order valence-corrected chi connectivity index (χ2v) is 4.14. The van der Waals surface area contributed by atoms with Gasteiger partial charge in [-0.05, 0) is 6.42 Å². The van der Waals surface area contributed by atoms with Crippen LogP contribution in [0.4, 0.5) is 11.5 Å². The number of hydrogen-bond donors (Lipinski definition) is 2. The molecule has 0 aliphatic heterocycles. The van der Waals surface area contributed by atoms with Crippen LogP contribution in [-0.4, -0.2) is 27.5 Å². The molecular formula is C12H17N3O4. The van der Waals surface area contributed by atoms with E-state index in [0.29, 0.717) is 6.54 Å². The molecule has 7 nitrogen and oxygen atoms in total. The van der Waals surface area contributed by atoms with Crippen molar-refractivity contribution < 1.29 is 14.8 Å². The maximum absolute atomic E-state index is 11.0. The topological polar surface area (TPSA) is 105 Å². The average Bonchev–Trinajstić information content (AvgIpc) is 2.38. The first kappa shape index (κ1) is 14.9. The van der Waals surface area contributed by atoms with Crippen molar-refractivity contribution in [1.82, 2.24) is 4.98 Å². The fourth-order valence-electron chi connectivity index (χ4n) is 1.62. The van der Waals surface area contributed by atoms with E-state index in [0.717, 1.165) is 37.9 Å². The van der Waals surface area contributed by atoms with Gasteiger partial charge in [0.1, 0.15) is 17.6 Å². The molecule has 0 fully saturated rings. The predicted octanol–water partition coefficient (Wildman–Crippen LogP) is 2.68. The molecule has 1 rings (SSSR count). The molecule has 1 aromatic heterocycles. The third-order valence-corrected chi connectivity index (χ3v) is 2.64. The van der Waals surface area contributed by atoms with E-state index in [1.165, 1.54) is 0 Å². The van der Waals surface area contributed by atoms with E-state index in [1.54, 1.807) is 0 Å². The van der Waals surface area contributed by atoms with E-state index in [-0.39, 0.29) is 17.1 Å². The van der Waals surface area contributed by atoms with Gasteiger partial charge in [0.15, 0.2) is 0 Å². The molecule has 19 heavy (non-hydrogen) atoms. The first-order chi connectivity index (χ1) is 9.06. The van der Waals surface area contributed by atoms with Crippen LogP contribution in [0.3, 0.4) is 0 Å². The number of aromatic carboxylic acids is 1. The quantitative estimate of drug-likeness (QED) is 0.426. The molecular weight excluding hydrogens is 250 g/mol. The van der Waals surface area contributed by atoms with Gasteiger partial charge in [-0.2, -0.15) is 0 Å². The van der Waals surface area contributed by atoms with Crippen molar-refractivity contribution in [2.24, 2.45) is 0 Å². The van der Waals surface area contributed by atoms with E-state index in [9.17, 15) is 14.9 Å². The molecule has 7 heteroatoms. The third-order valence-electron chi connectivity index (χ3n) is 2.64. The molecule has 0 saturated carbocycles. The van der Waals surface area contributed by atoms with Gasteiger partial charge in [-0.25, -0.2) is 9.78 Å². The first-order valence-electron chi connectivity index (χ1n) is 6.17. The second kappa shape index (κ2) is 7.30. The van der Waals surface area contributed by atoms with Crippen molar-refractivity contribution in [3.63, 3.8) is 0 Å². The molecule has 0 aromatic carbocycles. The van der Waals surface area contributed by atoms with Gasteiger partial charge in [-0.3, -0.25) is 10.1 Å². The summed E-state index contributed by atoms with van der Waals surface area (Å²) >= 11 is 0. The highest BCUT2D eigenvalue weighted by Gasteiger charge is 2.17. The Labute approximate surface area is 110 Å². The van der Waals surface area contributed by atoms with Crippen LogP contribution in [0.25, 0.3) is 0 Å². The number of carbonyl (C=O) groups is 1. The Bertz CT molecular complexity index is 462. The van der Waals surface area contributed by atoms with Crippen molar-refractivity contribution >= 4 is 17.5 Å². The summed E-state index contributed by atoms with van der Waals surface area (Å²) in [7, 11) is 0. The van der Waals surface area contributed by atoms with Crippen LogP contribution in [0.1, 0.15) is 43.0 Å². The summed E-state index contributed by atoms with van der Waals surface area (Å²) in [5, 5.41) is 22.5. The Morgan fingerprint density at radius 3 is 2.79 bits per heavy atom. The molecule has 0 unspecified atom stereocenters. The van der Waals surface area contributed by atoms with Crippen LogP contribution < -0.4 is 5.32 Å². The Morgan fingerprint density at radius 1 is 1.47 bits per heavy atom. The number of nitro groups is 1. The van der Waals surface area contributed by atoms with Crippen molar-refractivity contribution in [2.75, 3.05) is 11.9 Å². The SMILES string of the molecule is CCCCCCNc1ncc([N+](=O)[O-])cc1C(=O)O. The summed E-state index contributed by atoms with van der Waals surface area (Å²) in [6.07, 6.45) is 5.27.